The monoisotopic (exact) mass is 304 g/mol. The highest BCUT2D eigenvalue weighted by atomic mass is 32.1. The number of para-hydroxylation sites is 1. The lowest BCUT2D eigenvalue weighted by atomic mass is 10.1. The molecule has 110 valence electrons. The zero-order valence-electron chi connectivity index (χ0n) is 11.7. The number of nitrogens with zero attached hydrogens (tertiary/aromatic N) is 1. The Morgan fingerprint density at radius 3 is 2.43 bits per heavy atom. The number of carbonyl (C=O) groups excluding carboxylic acids is 2. The van der Waals surface area contributed by atoms with Crippen LogP contribution in [0, 0.1) is 0 Å². The maximum absolute atomic E-state index is 11.5. The van der Waals surface area contributed by atoms with Crippen LogP contribution in [0.15, 0.2) is 30.3 Å². The Balaban J connectivity index is 2.55. The number of hydrogen-bond acceptors (Lipinski definition) is 4. The quantitative estimate of drug-likeness (QED) is 0.805. The minimum absolute atomic E-state index is 0.252. The molecule has 0 aliphatic rings. The van der Waals surface area contributed by atoms with Crippen molar-refractivity contribution in [2.45, 2.75) is 0 Å². The number of primary amides is 2. The van der Waals surface area contributed by atoms with Crippen LogP contribution in [-0.2, 0) is 0 Å². The molecule has 6 nitrogen and oxygen atoms in total. The van der Waals surface area contributed by atoms with Crippen LogP contribution in [0.25, 0.3) is 10.4 Å². The van der Waals surface area contributed by atoms with Crippen molar-refractivity contribution >= 4 is 34.0 Å². The smallest absolute Gasteiger partial charge is 0.317 e. The lowest BCUT2D eigenvalue weighted by Gasteiger charge is -2.16. The average molecular weight is 304 g/mol. The Morgan fingerprint density at radius 2 is 1.86 bits per heavy atom. The SMILES string of the molecule is CN(C)c1ccccc1-c1cc(C(N)=O)c(NC(N)=O)s1. The minimum Gasteiger partial charge on any atom is -0.377 e. The van der Waals surface area contributed by atoms with Gasteiger partial charge in [-0.2, -0.15) is 0 Å². The van der Waals surface area contributed by atoms with E-state index < -0.39 is 11.9 Å². The molecule has 1 aromatic heterocycles. The molecule has 5 N–H and O–H groups in total. The van der Waals surface area contributed by atoms with Crippen LogP contribution in [0.4, 0.5) is 15.5 Å². The van der Waals surface area contributed by atoms with Gasteiger partial charge in [0.05, 0.1) is 5.56 Å². The van der Waals surface area contributed by atoms with Crippen molar-refractivity contribution in [3.63, 3.8) is 0 Å². The van der Waals surface area contributed by atoms with Gasteiger partial charge in [-0.1, -0.05) is 18.2 Å². The number of rotatable bonds is 4. The Morgan fingerprint density at radius 1 is 1.19 bits per heavy atom. The molecule has 21 heavy (non-hydrogen) atoms. The summed E-state index contributed by atoms with van der Waals surface area (Å²) in [7, 11) is 3.87. The number of nitrogens with two attached hydrogens (primary N) is 2. The molecule has 7 heteroatoms. The van der Waals surface area contributed by atoms with E-state index in [0.717, 1.165) is 16.1 Å². The topological polar surface area (TPSA) is 101 Å². The largest absolute Gasteiger partial charge is 0.377 e. The van der Waals surface area contributed by atoms with E-state index >= 15 is 0 Å². The van der Waals surface area contributed by atoms with E-state index in [4.69, 9.17) is 11.5 Å². The second-order valence-corrected chi connectivity index (χ2v) is 5.67. The van der Waals surface area contributed by atoms with Crippen molar-refractivity contribution in [2.24, 2.45) is 11.5 Å². The van der Waals surface area contributed by atoms with Crippen LogP contribution in [0.5, 0.6) is 0 Å². The fourth-order valence-corrected chi connectivity index (χ4v) is 3.08. The third-order valence-corrected chi connectivity index (χ3v) is 3.97. The van der Waals surface area contributed by atoms with Gasteiger partial charge in [0.1, 0.15) is 5.00 Å². The first-order valence-electron chi connectivity index (χ1n) is 6.17. The number of benzene rings is 1. The summed E-state index contributed by atoms with van der Waals surface area (Å²) >= 11 is 1.26. The predicted molar refractivity (Wildman–Crippen MR) is 85.8 cm³/mol. The second kappa shape index (κ2) is 5.84. The third-order valence-electron chi connectivity index (χ3n) is 2.89. The van der Waals surface area contributed by atoms with Gasteiger partial charge in [0, 0.05) is 30.2 Å². The van der Waals surface area contributed by atoms with Crippen molar-refractivity contribution in [3.05, 3.63) is 35.9 Å². The van der Waals surface area contributed by atoms with Crippen molar-refractivity contribution in [2.75, 3.05) is 24.3 Å². The first-order chi connectivity index (χ1) is 9.90. The molecule has 2 rings (SSSR count). The van der Waals surface area contributed by atoms with Crippen LogP contribution < -0.4 is 21.7 Å². The Hall–Kier alpha value is -2.54. The van der Waals surface area contributed by atoms with E-state index in [1.54, 1.807) is 6.07 Å². The summed E-state index contributed by atoms with van der Waals surface area (Å²) in [6, 6.07) is 8.70. The number of urea groups is 1. The van der Waals surface area contributed by atoms with E-state index in [-0.39, 0.29) is 5.56 Å². The summed E-state index contributed by atoms with van der Waals surface area (Å²) in [6.07, 6.45) is 0. The number of thiophene rings is 1. The molecule has 0 aliphatic carbocycles. The highest BCUT2D eigenvalue weighted by Crippen LogP contribution is 2.39. The van der Waals surface area contributed by atoms with E-state index in [9.17, 15) is 9.59 Å². The molecule has 0 atom stereocenters. The Kier molecular flexibility index (Phi) is 4.13. The molecule has 3 amide bonds. The van der Waals surface area contributed by atoms with Gasteiger partial charge in [-0.15, -0.1) is 11.3 Å². The highest BCUT2D eigenvalue weighted by Gasteiger charge is 2.17. The van der Waals surface area contributed by atoms with E-state index in [1.165, 1.54) is 11.3 Å². The molecule has 2 aromatic rings. The Labute approximate surface area is 126 Å². The summed E-state index contributed by atoms with van der Waals surface area (Å²) in [6.45, 7) is 0. The molecule has 0 fully saturated rings. The summed E-state index contributed by atoms with van der Waals surface area (Å²) < 4.78 is 0. The summed E-state index contributed by atoms with van der Waals surface area (Å²) in [5.41, 5.74) is 12.7. The molecule has 0 unspecified atom stereocenters. The zero-order chi connectivity index (χ0) is 15.6. The lowest BCUT2D eigenvalue weighted by Crippen LogP contribution is -2.21. The van der Waals surface area contributed by atoms with Crippen LogP contribution >= 0.6 is 11.3 Å². The third kappa shape index (κ3) is 3.14. The standard InChI is InChI=1S/C14H16N4O2S/c1-18(2)10-6-4-3-5-8(10)11-7-9(12(15)19)13(21-11)17-14(16)20/h3-7H,1-2H3,(H2,15,19)(H3,16,17,20). The number of hydrogen-bond donors (Lipinski definition) is 3. The van der Waals surface area contributed by atoms with Gasteiger partial charge < -0.3 is 16.4 Å². The summed E-state index contributed by atoms with van der Waals surface area (Å²) in [5.74, 6) is -0.608. The van der Waals surface area contributed by atoms with E-state index in [2.05, 4.69) is 5.32 Å². The maximum Gasteiger partial charge on any atom is 0.317 e. The van der Waals surface area contributed by atoms with Crippen LogP contribution in [-0.4, -0.2) is 26.0 Å². The van der Waals surface area contributed by atoms with Crippen molar-refractivity contribution in [1.29, 1.82) is 0 Å². The molecule has 0 saturated heterocycles. The normalized spacial score (nSPS) is 10.2. The number of carbonyl (C=O) groups is 2. The van der Waals surface area contributed by atoms with Gasteiger partial charge in [0.2, 0.25) is 0 Å². The van der Waals surface area contributed by atoms with E-state index in [1.807, 2.05) is 43.3 Å². The zero-order valence-corrected chi connectivity index (χ0v) is 12.5. The summed E-state index contributed by atoms with van der Waals surface area (Å²) in [5, 5.41) is 2.80. The molecule has 0 bridgehead atoms. The molecule has 1 aromatic carbocycles. The van der Waals surface area contributed by atoms with Gasteiger partial charge in [0.15, 0.2) is 0 Å². The molecule has 0 radical (unpaired) electrons. The van der Waals surface area contributed by atoms with Crippen LogP contribution in [0.2, 0.25) is 0 Å². The van der Waals surface area contributed by atoms with Gasteiger partial charge in [-0.3, -0.25) is 10.1 Å². The number of anilines is 2. The van der Waals surface area contributed by atoms with E-state index in [0.29, 0.717) is 5.00 Å². The molecule has 1 heterocycles. The minimum atomic E-state index is -0.730. The maximum atomic E-state index is 11.5. The molecular formula is C14H16N4O2S. The first kappa shape index (κ1) is 14.9. The molecular weight excluding hydrogens is 288 g/mol. The fourth-order valence-electron chi connectivity index (χ4n) is 1.98. The lowest BCUT2D eigenvalue weighted by molar-refractivity contribution is 0.100. The number of amides is 3. The van der Waals surface area contributed by atoms with Gasteiger partial charge in [-0.05, 0) is 12.1 Å². The van der Waals surface area contributed by atoms with Crippen LogP contribution in [0.1, 0.15) is 10.4 Å². The molecule has 0 spiro atoms. The van der Waals surface area contributed by atoms with Crippen molar-refractivity contribution in [3.8, 4) is 10.4 Å². The van der Waals surface area contributed by atoms with Gasteiger partial charge in [-0.25, -0.2) is 4.79 Å². The van der Waals surface area contributed by atoms with Gasteiger partial charge in [0.25, 0.3) is 5.91 Å². The first-order valence-corrected chi connectivity index (χ1v) is 6.98. The van der Waals surface area contributed by atoms with Gasteiger partial charge >= 0.3 is 6.03 Å². The van der Waals surface area contributed by atoms with Crippen molar-refractivity contribution < 1.29 is 9.59 Å². The van der Waals surface area contributed by atoms with Crippen LogP contribution in [0.3, 0.4) is 0 Å². The predicted octanol–water partition coefficient (Wildman–Crippen LogP) is 2.07. The number of nitrogens with one attached hydrogen (secondary N) is 1. The second-order valence-electron chi connectivity index (χ2n) is 4.62. The van der Waals surface area contributed by atoms with Crippen molar-refractivity contribution in [1.82, 2.24) is 0 Å². The molecule has 0 saturated carbocycles. The molecule has 0 aliphatic heterocycles. The average Bonchev–Trinajstić information content (AvgIpc) is 2.81. The Bertz CT molecular complexity index is 694. The summed E-state index contributed by atoms with van der Waals surface area (Å²) in [4.78, 5) is 25.3. The fraction of sp³-hybridized carbons (Fsp3) is 0.143. The highest BCUT2D eigenvalue weighted by molar-refractivity contribution is 7.20.